The Labute approximate surface area is 176 Å². The van der Waals surface area contributed by atoms with Crippen molar-refractivity contribution in [3.05, 3.63) is 23.3 Å². The van der Waals surface area contributed by atoms with Crippen LogP contribution in [0.4, 0.5) is 5.69 Å². The van der Waals surface area contributed by atoms with E-state index in [0.29, 0.717) is 0 Å². The lowest BCUT2D eigenvalue weighted by atomic mass is 10.0. The van der Waals surface area contributed by atoms with Crippen LogP contribution >= 0.6 is 27.7 Å². The van der Waals surface area contributed by atoms with Gasteiger partial charge in [0.2, 0.25) is 5.91 Å². The minimum atomic E-state index is -0.00119. The van der Waals surface area contributed by atoms with Gasteiger partial charge in [0.05, 0.1) is 16.7 Å². The number of benzene rings is 1. The highest BCUT2D eigenvalue weighted by molar-refractivity contribution is 9.09. The number of rotatable bonds is 8. The summed E-state index contributed by atoms with van der Waals surface area (Å²) >= 11 is 5.05. The summed E-state index contributed by atoms with van der Waals surface area (Å²) in [6.07, 6.45) is 10.8. The van der Waals surface area contributed by atoms with Gasteiger partial charge in [-0.05, 0) is 62.0 Å². The maximum Gasteiger partial charge on any atom is 0.240 e. The Kier molecular flexibility index (Phi) is 9.69. The van der Waals surface area contributed by atoms with Gasteiger partial charge >= 0.3 is 0 Å². The fourth-order valence-electron chi connectivity index (χ4n) is 3.56. The molecule has 1 aliphatic carbocycles. The topological polar surface area (TPSA) is 41.9 Å². The maximum absolute atomic E-state index is 12.7. The third-order valence-electron chi connectivity index (χ3n) is 5.02. The molecule has 1 amide bonds. The number of alkyl halides is 1. The Morgan fingerprint density at radius 2 is 1.89 bits per heavy atom. The Morgan fingerprint density at radius 1 is 1.19 bits per heavy atom. The Morgan fingerprint density at radius 3 is 2.44 bits per heavy atom. The fourth-order valence-corrected chi connectivity index (χ4v) is 4.55. The molecule has 0 unspecified atom stereocenters. The van der Waals surface area contributed by atoms with E-state index in [1.165, 1.54) is 41.7 Å². The molecule has 1 aromatic carbocycles. The first-order valence-electron chi connectivity index (χ1n) is 9.88. The molecule has 0 saturated heterocycles. The van der Waals surface area contributed by atoms with Crippen LogP contribution in [0, 0.1) is 0 Å². The number of halogens is 1. The van der Waals surface area contributed by atoms with Gasteiger partial charge in [-0.2, -0.15) is 0 Å². The van der Waals surface area contributed by atoms with E-state index >= 15 is 0 Å². The van der Waals surface area contributed by atoms with Crippen molar-refractivity contribution in [1.82, 2.24) is 0 Å². The van der Waals surface area contributed by atoms with Crippen LogP contribution in [-0.2, 0) is 22.5 Å². The summed E-state index contributed by atoms with van der Waals surface area (Å²) in [7, 11) is 0. The molecule has 0 aromatic heterocycles. The van der Waals surface area contributed by atoms with Gasteiger partial charge in [-0.25, -0.2) is 0 Å². The van der Waals surface area contributed by atoms with Crippen molar-refractivity contribution in [2.24, 2.45) is 5.16 Å². The monoisotopic (exact) mass is 454 g/mol. The summed E-state index contributed by atoms with van der Waals surface area (Å²) < 4.78 is 0. The molecule has 0 spiro atoms. The molecule has 1 aliphatic rings. The predicted octanol–water partition coefficient (Wildman–Crippen LogP) is 5.95. The van der Waals surface area contributed by atoms with E-state index in [1.807, 2.05) is 0 Å². The van der Waals surface area contributed by atoms with E-state index in [2.05, 4.69) is 53.3 Å². The largest absolute Gasteiger partial charge is 0.373 e. The van der Waals surface area contributed by atoms with Crippen molar-refractivity contribution < 1.29 is 9.63 Å². The molecule has 6 heteroatoms. The SMILES string of the molecule is CCc1ccc(SC)c(CC)c1N(CON=C1CCCCCC1)C(=O)CBr. The number of thioether (sulfide) groups is 1. The van der Waals surface area contributed by atoms with Crippen molar-refractivity contribution >= 4 is 45.0 Å². The number of amides is 1. The van der Waals surface area contributed by atoms with Crippen molar-refractivity contribution in [2.75, 3.05) is 23.2 Å². The van der Waals surface area contributed by atoms with Gasteiger partial charge in [-0.3, -0.25) is 9.69 Å². The van der Waals surface area contributed by atoms with E-state index < -0.39 is 0 Å². The highest BCUT2D eigenvalue weighted by atomic mass is 79.9. The Hall–Kier alpha value is -1.01. The van der Waals surface area contributed by atoms with E-state index in [4.69, 9.17) is 4.84 Å². The number of carbonyl (C=O) groups excluding carboxylic acids is 1. The molecular formula is C21H31BrN2O2S. The van der Waals surface area contributed by atoms with E-state index in [1.54, 1.807) is 16.7 Å². The molecule has 0 atom stereocenters. The highest BCUT2D eigenvalue weighted by Crippen LogP contribution is 2.34. The van der Waals surface area contributed by atoms with Crippen molar-refractivity contribution in [1.29, 1.82) is 0 Å². The van der Waals surface area contributed by atoms with Crippen LogP contribution in [0.15, 0.2) is 22.2 Å². The smallest absolute Gasteiger partial charge is 0.240 e. The number of hydrogen-bond acceptors (Lipinski definition) is 4. The average molecular weight is 455 g/mol. The second kappa shape index (κ2) is 11.7. The quantitative estimate of drug-likeness (QED) is 0.160. The molecule has 27 heavy (non-hydrogen) atoms. The summed E-state index contributed by atoms with van der Waals surface area (Å²) in [4.78, 5) is 21.4. The Balaban J connectivity index is 2.30. The molecule has 2 rings (SSSR count). The van der Waals surface area contributed by atoms with Gasteiger partial charge in [-0.1, -0.05) is 53.8 Å². The van der Waals surface area contributed by atoms with Crippen molar-refractivity contribution in [3.63, 3.8) is 0 Å². The Bertz CT molecular complexity index is 654. The zero-order valence-corrected chi connectivity index (χ0v) is 19.1. The molecule has 0 bridgehead atoms. The zero-order valence-electron chi connectivity index (χ0n) is 16.7. The van der Waals surface area contributed by atoms with Crippen LogP contribution in [0.1, 0.15) is 63.5 Å². The molecule has 1 aromatic rings. The van der Waals surface area contributed by atoms with E-state index in [9.17, 15) is 4.79 Å². The molecule has 1 fully saturated rings. The highest BCUT2D eigenvalue weighted by Gasteiger charge is 2.23. The van der Waals surface area contributed by atoms with Crippen LogP contribution in [0.2, 0.25) is 0 Å². The first kappa shape index (κ1) is 22.3. The van der Waals surface area contributed by atoms with Gasteiger partial charge in [0, 0.05) is 4.90 Å². The van der Waals surface area contributed by atoms with Gasteiger partial charge in [0.1, 0.15) is 0 Å². The number of hydrogen-bond donors (Lipinski definition) is 0. The fraction of sp³-hybridized carbons (Fsp3) is 0.619. The van der Waals surface area contributed by atoms with Crippen molar-refractivity contribution in [2.45, 2.75) is 70.1 Å². The second-order valence-corrected chi connectivity index (χ2v) is 8.16. The number of carbonyl (C=O) groups is 1. The first-order chi connectivity index (χ1) is 13.2. The molecule has 0 aliphatic heterocycles. The minimum absolute atomic E-state index is 0.00119. The molecule has 0 heterocycles. The molecule has 4 nitrogen and oxygen atoms in total. The summed E-state index contributed by atoms with van der Waals surface area (Å²) in [5.74, 6) is -0.00119. The average Bonchev–Trinajstić information content (AvgIpc) is 2.98. The molecule has 0 radical (unpaired) electrons. The van der Waals surface area contributed by atoms with Crippen LogP contribution in [0.25, 0.3) is 0 Å². The van der Waals surface area contributed by atoms with E-state index in [0.717, 1.165) is 37.1 Å². The van der Waals surface area contributed by atoms with Gasteiger partial charge in [0.15, 0.2) is 6.73 Å². The van der Waals surface area contributed by atoms with Gasteiger partial charge < -0.3 is 4.84 Å². The summed E-state index contributed by atoms with van der Waals surface area (Å²) in [5.41, 5.74) is 4.51. The zero-order chi connectivity index (χ0) is 19.6. The van der Waals surface area contributed by atoms with Crippen LogP contribution in [-0.4, -0.2) is 29.9 Å². The predicted molar refractivity (Wildman–Crippen MR) is 119 cm³/mol. The lowest BCUT2D eigenvalue weighted by molar-refractivity contribution is -0.117. The number of aryl methyl sites for hydroxylation is 1. The standard InChI is InChI=1S/C21H31BrN2O2S/c1-4-16-12-13-19(27-3)18(5-2)21(16)24(20(25)14-22)15-26-23-17-10-8-6-7-9-11-17/h12-13H,4-11,14-15H2,1-3H3. The summed E-state index contributed by atoms with van der Waals surface area (Å²) in [6.45, 7) is 4.42. The van der Waals surface area contributed by atoms with Crippen LogP contribution in [0.5, 0.6) is 0 Å². The third-order valence-corrected chi connectivity index (χ3v) is 6.33. The van der Waals surface area contributed by atoms with Crippen LogP contribution in [0.3, 0.4) is 0 Å². The number of oxime groups is 1. The lowest BCUT2D eigenvalue weighted by Crippen LogP contribution is -2.35. The minimum Gasteiger partial charge on any atom is -0.373 e. The van der Waals surface area contributed by atoms with Gasteiger partial charge in [-0.15, -0.1) is 11.8 Å². The summed E-state index contributed by atoms with van der Waals surface area (Å²) in [5, 5.41) is 4.65. The molecule has 150 valence electrons. The molecular weight excluding hydrogens is 424 g/mol. The number of nitrogens with zero attached hydrogens (tertiary/aromatic N) is 2. The van der Waals surface area contributed by atoms with Gasteiger partial charge in [0.25, 0.3) is 0 Å². The molecule has 0 N–H and O–H groups in total. The van der Waals surface area contributed by atoms with Crippen molar-refractivity contribution in [3.8, 4) is 0 Å². The normalized spacial score (nSPS) is 14.6. The van der Waals surface area contributed by atoms with E-state index in [-0.39, 0.29) is 18.0 Å². The van der Waals surface area contributed by atoms with Crippen LogP contribution < -0.4 is 4.90 Å². The summed E-state index contributed by atoms with van der Waals surface area (Å²) in [6, 6.07) is 4.29. The maximum atomic E-state index is 12.7. The first-order valence-corrected chi connectivity index (χ1v) is 12.2. The lowest BCUT2D eigenvalue weighted by Gasteiger charge is -2.27. The third kappa shape index (κ3) is 5.98. The molecule has 1 saturated carbocycles. The number of anilines is 1. The second-order valence-electron chi connectivity index (χ2n) is 6.75.